The van der Waals surface area contributed by atoms with E-state index in [1.807, 2.05) is 27.0 Å². The molecule has 0 bridgehead atoms. The summed E-state index contributed by atoms with van der Waals surface area (Å²) in [6.07, 6.45) is 1.97. The van der Waals surface area contributed by atoms with Gasteiger partial charge in [0.1, 0.15) is 6.04 Å². The number of amides is 1. The van der Waals surface area contributed by atoms with Crippen molar-refractivity contribution in [2.45, 2.75) is 43.7 Å². The molecule has 134 valence electrons. The molecular formula is C16H21Cl2NO4S. The lowest BCUT2D eigenvalue weighted by Crippen LogP contribution is -2.42. The third kappa shape index (κ3) is 6.51. The van der Waals surface area contributed by atoms with Crippen molar-refractivity contribution in [3.8, 4) is 0 Å². The third-order valence-electron chi connectivity index (χ3n) is 3.03. The number of hydrogen-bond donors (Lipinski definition) is 2. The van der Waals surface area contributed by atoms with Crippen LogP contribution in [0.25, 0.3) is 0 Å². The van der Waals surface area contributed by atoms with Crippen molar-refractivity contribution in [1.29, 1.82) is 0 Å². The van der Waals surface area contributed by atoms with E-state index >= 15 is 0 Å². The number of carbonyl (C=O) groups is 2. The highest BCUT2D eigenvalue weighted by atomic mass is 35.5. The fourth-order valence-corrected chi connectivity index (χ4v) is 3.03. The Bertz CT molecular complexity index is 617. The van der Waals surface area contributed by atoms with E-state index < -0.39 is 17.9 Å². The lowest BCUT2D eigenvalue weighted by atomic mass is 10.1. The summed E-state index contributed by atoms with van der Waals surface area (Å²) in [6.45, 7) is 5.83. The maximum absolute atomic E-state index is 12.4. The van der Waals surface area contributed by atoms with Crippen LogP contribution in [0.4, 0.5) is 0 Å². The second-order valence-electron chi connectivity index (χ2n) is 6.08. The number of carbonyl (C=O) groups excluding carboxylic acids is 1. The molecule has 8 heteroatoms. The van der Waals surface area contributed by atoms with Crippen LogP contribution in [-0.4, -0.2) is 41.5 Å². The molecule has 0 aliphatic carbocycles. The van der Waals surface area contributed by atoms with Crippen molar-refractivity contribution < 1.29 is 19.4 Å². The topological polar surface area (TPSA) is 75.6 Å². The molecule has 0 fully saturated rings. The third-order valence-corrected chi connectivity index (χ3v) is 4.55. The van der Waals surface area contributed by atoms with E-state index in [1.165, 1.54) is 17.8 Å². The Morgan fingerprint density at radius 2 is 1.92 bits per heavy atom. The summed E-state index contributed by atoms with van der Waals surface area (Å²) in [6, 6.07) is 1.96. The molecule has 24 heavy (non-hydrogen) atoms. The van der Waals surface area contributed by atoms with Crippen molar-refractivity contribution in [2.24, 2.45) is 0 Å². The maximum Gasteiger partial charge on any atom is 0.326 e. The molecule has 0 saturated carbocycles. The molecule has 1 aromatic rings. The lowest BCUT2D eigenvalue weighted by Gasteiger charge is -2.21. The molecule has 0 aromatic heterocycles. The Morgan fingerprint density at radius 1 is 1.29 bits per heavy atom. The zero-order valence-corrected chi connectivity index (χ0v) is 16.3. The van der Waals surface area contributed by atoms with Gasteiger partial charge in [0.15, 0.2) is 0 Å². The Balaban J connectivity index is 2.84. The molecule has 0 radical (unpaired) electrons. The molecule has 0 aliphatic rings. The summed E-state index contributed by atoms with van der Waals surface area (Å²) < 4.78 is 5.51. The molecule has 5 nitrogen and oxygen atoms in total. The summed E-state index contributed by atoms with van der Waals surface area (Å²) in [7, 11) is 0. The quantitative estimate of drug-likeness (QED) is 0.681. The van der Waals surface area contributed by atoms with Crippen molar-refractivity contribution in [2.75, 3.05) is 12.9 Å². The number of aliphatic carboxylic acids is 1. The standard InChI is InChI=1S/C16H21Cl2NO4S/c1-16(2,3)23-6-5-12(15(21)22)19-14(20)9-7-13(24-4)11(18)8-10(9)17/h7-8,12H,5-6H2,1-4H3,(H,19,20)(H,21,22). The van der Waals surface area contributed by atoms with Gasteiger partial charge in [-0.15, -0.1) is 11.8 Å². The fourth-order valence-electron chi connectivity index (χ4n) is 1.84. The molecule has 1 atom stereocenters. The van der Waals surface area contributed by atoms with Gasteiger partial charge in [0.25, 0.3) is 5.91 Å². The summed E-state index contributed by atoms with van der Waals surface area (Å²) in [4.78, 5) is 24.4. The zero-order valence-electron chi connectivity index (χ0n) is 14.0. The SMILES string of the molecule is CSc1cc(C(=O)NC(CCOC(C)(C)C)C(=O)O)c(Cl)cc1Cl. The number of thioether (sulfide) groups is 1. The van der Waals surface area contributed by atoms with Gasteiger partial charge in [0.05, 0.1) is 21.2 Å². The Morgan fingerprint density at radius 3 is 2.42 bits per heavy atom. The Kier molecular flexibility index (Phi) is 7.86. The van der Waals surface area contributed by atoms with Gasteiger partial charge in [-0.1, -0.05) is 23.2 Å². The number of halogens is 2. The number of carboxylic acids is 1. The van der Waals surface area contributed by atoms with Gasteiger partial charge >= 0.3 is 5.97 Å². The molecule has 0 saturated heterocycles. The first-order valence-electron chi connectivity index (χ1n) is 7.26. The van der Waals surface area contributed by atoms with E-state index in [4.69, 9.17) is 27.9 Å². The van der Waals surface area contributed by atoms with Gasteiger partial charge in [0.2, 0.25) is 0 Å². The van der Waals surface area contributed by atoms with Crippen LogP contribution in [0.2, 0.25) is 10.0 Å². The molecule has 1 aromatic carbocycles. The minimum absolute atomic E-state index is 0.152. The first-order chi connectivity index (χ1) is 11.0. The van der Waals surface area contributed by atoms with Crippen LogP contribution in [0.1, 0.15) is 37.6 Å². The second-order valence-corrected chi connectivity index (χ2v) is 7.74. The van der Waals surface area contributed by atoms with Gasteiger partial charge in [-0.3, -0.25) is 4.79 Å². The van der Waals surface area contributed by atoms with Gasteiger partial charge in [0, 0.05) is 17.9 Å². The van der Waals surface area contributed by atoms with Gasteiger partial charge < -0.3 is 15.2 Å². The average Bonchev–Trinajstić information content (AvgIpc) is 2.44. The smallest absolute Gasteiger partial charge is 0.326 e. The number of rotatable bonds is 7. The first kappa shape index (κ1) is 21.1. The lowest BCUT2D eigenvalue weighted by molar-refractivity contribution is -0.140. The van der Waals surface area contributed by atoms with Crippen molar-refractivity contribution >= 4 is 46.8 Å². The normalized spacial score (nSPS) is 12.8. The second kappa shape index (κ2) is 8.94. The van der Waals surface area contributed by atoms with Gasteiger partial charge in [-0.2, -0.15) is 0 Å². The van der Waals surface area contributed by atoms with Crippen LogP contribution in [0.5, 0.6) is 0 Å². The predicted octanol–water partition coefficient (Wildman–Crippen LogP) is 4.10. The van der Waals surface area contributed by atoms with Crippen molar-refractivity contribution in [1.82, 2.24) is 5.32 Å². The number of nitrogens with one attached hydrogen (secondary N) is 1. The maximum atomic E-state index is 12.4. The van der Waals surface area contributed by atoms with E-state index in [0.29, 0.717) is 9.92 Å². The first-order valence-corrected chi connectivity index (χ1v) is 9.24. The van der Waals surface area contributed by atoms with Crippen LogP contribution in [-0.2, 0) is 9.53 Å². The van der Waals surface area contributed by atoms with E-state index in [9.17, 15) is 14.7 Å². The molecule has 1 rings (SSSR count). The molecular weight excluding hydrogens is 373 g/mol. The largest absolute Gasteiger partial charge is 0.480 e. The number of hydrogen-bond acceptors (Lipinski definition) is 4. The van der Waals surface area contributed by atoms with E-state index in [1.54, 1.807) is 6.07 Å². The highest BCUT2D eigenvalue weighted by Crippen LogP contribution is 2.31. The van der Waals surface area contributed by atoms with Crippen LogP contribution in [0.15, 0.2) is 17.0 Å². The van der Waals surface area contributed by atoms with Crippen LogP contribution in [0.3, 0.4) is 0 Å². The number of benzene rings is 1. The molecule has 1 amide bonds. The Hall–Kier alpha value is -0.950. The summed E-state index contributed by atoms with van der Waals surface area (Å²) in [5, 5.41) is 12.4. The molecule has 0 heterocycles. The van der Waals surface area contributed by atoms with Crippen LogP contribution >= 0.6 is 35.0 Å². The zero-order chi connectivity index (χ0) is 18.5. The minimum Gasteiger partial charge on any atom is -0.480 e. The fraction of sp³-hybridized carbons (Fsp3) is 0.500. The molecule has 0 spiro atoms. The highest BCUT2D eigenvalue weighted by molar-refractivity contribution is 7.98. The predicted molar refractivity (Wildman–Crippen MR) is 97.5 cm³/mol. The van der Waals surface area contributed by atoms with Crippen molar-refractivity contribution in [3.63, 3.8) is 0 Å². The van der Waals surface area contributed by atoms with Crippen LogP contribution < -0.4 is 5.32 Å². The van der Waals surface area contributed by atoms with E-state index in [0.717, 1.165) is 0 Å². The number of carboxylic acid groups (broad SMARTS) is 1. The highest BCUT2D eigenvalue weighted by Gasteiger charge is 2.23. The van der Waals surface area contributed by atoms with Crippen molar-refractivity contribution in [3.05, 3.63) is 27.7 Å². The average molecular weight is 394 g/mol. The minimum atomic E-state index is -1.13. The molecule has 1 unspecified atom stereocenters. The van der Waals surface area contributed by atoms with Gasteiger partial charge in [-0.25, -0.2) is 4.79 Å². The van der Waals surface area contributed by atoms with E-state index in [2.05, 4.69) is 5.32 Å². The summed E-state index contributed by atoms with van der Waals surface area (Å²) in [5.41, 5.74) is -0.187. The van der Waals surface area contributed by atoms with Crippen LogP contribution in [0, 0.1) is 0 Å². The molecule has 2 N–H and O–H groups in total. The Labute approximate surface area is 156 Å². The van der Waals surface area contributed by atoms with Gasteiger partial charge in [-0.05, 0) is 39.2 Å². The van der Waals surface area contributed by atoms with E-state index in [-0.39, 0.29) is 29.2 Å². The summed E-state index contributed by atoms with van der Waals surface area (Å²) >= 11 is 13.5. The molecule has 0 aliphatic heterocycles. The monoisotopic (exact) mass is 393 g/mol. The number of ether oxygens (including phenoxy) is 1. The summed E-state index contributed by atoms with van der Waals surface area (Å²) in [5.74, 6) is -1.69.